The molecule has 1 unspecified atom stereocenters. The number of ether oxygens (including phenoxy) is 1. The van der Waals surface area contributed by atoms with E-state index in [2.05, 4.69) is 21.0 Å². The molecule has 2 aliphatic rings. The van der Waals surface area contributed by atoms with Gasteiger partial charge in [-0.2, -0.15) is 5.10 Å². The number of benzene rings is 2. The third-order valence-electron chi connectivity index (χ3n) is 6.98. The molecule has 1 atom stereocenters. The molecule has 9 nitrogen and oxygen atoms in total. The first-order valence-electron chi connectivity index (χ1n) is 11.8. The van der Waals surface area contributed by atoms with Gasteiger partial charge in [0.2, 0.25) is 11.8 Å². The third-order valence-corrected chi connectivity index (χ3v) is 7.33. The molecule has 11 heteroatoms. The van der Waals surface area contributed by atoms with E-state index in [1.165, 1.54) is 35.1 Å². The van der Waals surface area contributed by atoms with E-state index in [0.717, 1.165) is 5.56 Å². The molecule has 2 aliphatic heterocycles. The van der Waals surface area contributed by atoms with Gasteiger partial charge in [0.1, 0.15) is 17.6 Å². The molecule has 1 saturated heterocycles. The number of amides is 3. The highest BCUT2D eigenvalue weighted by Gasteiger charge is 2.47. The second kappa shape index (κ2) is 9.95. The summed E-state index contributed by atoms with van der Waals surface area (Å²) in [7, 11) is 1.60. The lowest BCUT2D eigenvalue weighted by Gasteiger charge is -2.31. The number of rotatable bonds is 6. The van der Waals surface area contributed by atoms with Crippen molar-refractivity contribution in [1.82, 2.24) is 15.1 Å². The molecule has 0 saturated carbocycles. The Kier molecular flexibility index (Phi) is 6.70. The van der Waals surface area contributed by atoms with Crippen molar-refractivity contribution in [3.8, 4) is 0 Å². The number of nitrogens with one attached hydrogen (secondary N) is 3. The number of anilines is 2. The van der Waals surface area contributed by atoms with Crippen molar-refractivity contribution in [2.45, 2.75) is 30.7 Å². The molecule has 0 aliphatic carbocycles. The molecule has 0 bridgehead atoms. The Morgan fingerprint density at radius 3 is 2.73 bits per heavy atom. The fourth-order valence-electron chi connectivity index (χ4n) is 4.92. The summed E-state index contributed by atoms with van der Waals surface area (Å²) >= 11 is 6.20. The van der Waals surface area contributed by atoms with Gasteiger partial charge < -0.3 is 20.7 Å². The van der Waals surface area contributed by atoms with Crippen LogP contribution in [0, 0.1) is 5.82 Å². The van der Waals surface area contributed by atoms with Crippen LogP contribution in [0.3, 0.4) is 0 Å². The lowest BCUT2D eigenvalue weighted by Crippen LogP contribution is -2.46. The predicted octanol–water partition coefficient (Wildman–Crippen LogP) is 3.19. The van der Waals surface area contributed by atoms with Crippen LogP contribution in [0.15, 0.2) is 48.7 Å². The number of carbonyl (C=O) groups excluding carboxylic acids is 3. The highest BCUT2D eigenvalue weighted by atomic mass is 35.5. The summed E-state index contributed by atoms with van der Waals surface area (Å²) in [6, 6.07) is 9.81. The van der Waals surface area contributed by atoms with Gasteiger partial charge in [0.15, 0.2) is 0 Å². The molecule has 2 aromatic carbocycles. The summed E-state index contributed by atoms with van der Waals surface area (Å²) in [5, 5.41) is 12.5. The SMILES string of the molecule is Cn1nccc1C(=O)NC(Cc1c(F)cccc1Cl)C(=O)Nc1ccc2c(c1)NC(=O)C21CCOCC1. The highest BCUT2D eigenvalue weighted by molar-refractivity contribution is 6.31. The molecule has 192 valence electrons. The highest BCUT2D eigenvalue weighted by Crippen LogP contribution is 2.45. The van der Waals surface area contributed by atoms with Gasteiger partial charge in [0, 0.05) is 54.8 Å². The van der Waals surface area contributed by atoms with Crippen molar-refractivity contribution >= 4 is 40.7 Å². The van der Waals surface area contributed by atoms with Crippen molar-refractivity contribution in [2.75, 3.05) is 23.8 Å². The number of hydrogen-bond acceptors (Lipinski definition) is 5. The minimum atomic E-state index is -1.15. The zero-order valence-corrected chi connectivity index (χ0v) is 20.8. The van der Waals surface area contributed by atoms with Crippen LogP contribution in [0.25, 0.3) is 0 Å². The van der Waals surface area contributed by atoms with Crippen molar-refractivity contribution in [3.63, 3.8) is 0 Å². The standard InChI is InChI=1S/C26H25ClFN5O4/c1-33-22(7-10-29-33)24(35)31-21(14-16-18(27)3-2-4-19(16)28)23(34)30-15-5-6-17-20(13-15)32-25(36)26(17)8-11-37-12-9-26/h2-7,10,13,21H,8-9,11-12,14H2,1H3,(H,30,34)(H,31,35)(H,32,36). The van der Waals surface area contributed by atoms with Crippen LogP contribution in [-0.2, 0) is 33.2 Å². The molecule has 1 aromatic heterocycles. The van der Waals surface area contributed by atoms with Crippen molar-refractivity contribution in [3.05, 3.63) is 76.3 Å². The van der Waals surface area contributed by atoms with E-state index < -0.39 is 29.1 Å². The predicted molar refractivity (Wildman–Crippen MR) is 135 cm³/mol. The van der Waals surface area contributed by atoms with Gasteiger partial charge >= 0.3 is 0 Å². The van der Waals surface area contributed by atoms with E-state index in [1.54, 1.807) is 19.2 Å². The summed E-state index contributed by atoms with van der Waals surface area (Å²) in [6.45, 7) is 1.00. The summed E-state index contributed by atoms with van der Waals surface area (Å²) in [4.78, 5) is 39.1. The normalized spacial score (nSPS) is 16.7. The number of nitrogens with zero attached hydrogens (tertiary/aromatic N) is 2. The lowest BCUT2D eigenvalue weighted by atomic mass is 9.75. The maximum Gasteiger partial charge on any atom is 0.270 e. The molecule has 1 spiro atoms. The van der Waals surface area contributed by atoms with Crippen LogP contribution in [0.1, 0.15) is 34.5 Å². The molecule has 1 fully saturated rings. The monoisotopic (exact) mass is 525 g/mol. The van der Waals surface area contributed by atoms with Crippen molar-refractivity contribution in [2.24, 2.45) is 7.05 Å². The Morgan fingerprint density at radius 1 is 1.24 bits per heavy atom. The minimum absolute atomic E-state index is 0.0789. The smallest absolute Gasteiger partial charge is 0.270 e. The second-order valence-corrected chi connectivity index (χ2v) is 9.58. The maximum atomic E-state index is 14.5. The van der Waals surface area contributed by atoms with Gasteiger partial charge in [-0.3, -0.25) is 19.1 Å². The van der Waals surface area contributed by atoms with Crippen molar-refractivity contribution < 1.29 is 23.5 Å². The first-order chi connectivity index (χ1) is 17.8. The summed E-state index contributed by atoms with van der Waals surface area (Å²) in [5.74, 6) is -1.78. The second-order valence-electron chi connectivity index (χ2n) is 9.17. The topological polar surface area (TPSA) is 114 Å². The molecule has 0 radical (unpaired) electrons. The fourth-order valence-corrected chi connectivity index (χ4v) is 5.16. The zero-order chi connectivity index (χ0) is 26.2. The molecule has 37 heavy (non-hydrogen) atoms. The Labute approximate surface area is 217 Å². The molecular formula is C26H25ClFN5O4. The fraction of sp³-hybridized carbons (Fsp3) is 0.308. The van der Waals surface area contributed by atoms with Crippen LogP contribution in [0.4, 0.5) is 15.8 Å². The van der Waals surface area contributed by atoms with Gasteiger partial charge in [-0.25, -0.2) is 4.39 Å². The molecule has 3 heterocycles. The number of aromatic nitrogens is 2. The summed E-state index contributed by atoms with van der Waals surface area (Å²) in [5.41, 5.74) is 1.64. The first kappa shape index (κ1) is 24.9. The lowest BCUT2D eigenvalue weighted by molar-refractivity contribution is -0.124. The number of aryl methyl sites for hydroxylation is 1. The average molecular weight is 526 g/mol. The molecule has 3 N–H and O–H groups in total. The Morgan fingerprint density at radius 2 is 2.03 bits per heavy atom. The maximum absolute atomic E-state index is 14.5. The van der Waals surface area contributed by atoms with Gasteiger partial charge in [-0.15, -0.1) is 0 Å². The largest absolute Gasteiger partial charge is 0.381 e. The minimum Gasteiger partial charge on any atom is -0.381 e. The zero-order valence-electron chi connectivity index (χ0n) is 20.0. The Balaban J connectivity index is 1.40. The van der Waals surface area contributed by atoms with E-state index in [0.29, 0.717) is 37.4 Å². The van der Waals surface area contributed by atoms with Crippen LogP contribution < -0.4 is 16.0 Å². The molecule has 3 aromatic rings. The van der Waals surface area contributed by atoms with Gasteiger partial charge in [-0.05, 0) is 48.7 Å². The Hall–Kier alpha value is -3.76. The molecular weight excluding hydrogens is 501 g/mol. The van der Waals surface area contributed by atoms with E-state index in [-0.39, 0.29) is 28.6 Å². The quantitative estimate of drug-likeness (QED) is 0.457. The summed E-state index contributed by atoms with van der Waals surface area (Å²) in [6.07, 6.45) is 2.46. The first-order valence-corrected chi connectivity index (χ1v) is 12.2. The van der Waals surface area contributed by atoms with Gasteiger partial charge in [0.25, 0.3) is 5.91 Å². The van der Waals surface area contributed by atoms with Crippen LogP contribution in [0.5, 0.6) is 0 Å². The Bertz CT molecular complexity index is 1360. The average Bonchev–Trinajstić information content (AvgIpc) is 3.42. The van der Waals surface area contributed by atoms with E-state index in [1.807, 2.05) is 6.07 Å². The van der Waals surface area contributed by atoms with Crippen LogP contribution in [-0.4, -0.2) is 46.8 Å². The number of carbonyl (C=O) groups is 3. The number of hydrogen-bond donors (Lipinski definition) is 3. The van der Waals surface area contributed by atoms with E-state index in [9.17, 15) is 18.8 Å². The number of fused-ring (bicyclic) bond motifs is 2. The molecule has 5 rings (SSSR count). The van der Waals surface area contributed by atoms with Crippen LogP contribution >= 0.6 is 11.6 Å². The third kappa shape index (κ3) is 4.70. The summed E-state index contributed by atoms with van der Waals surface area (Å²) < 4.78 is 21.4. The van der Waals surface area contributed by atoms with Crippen LogP contribution in [0.2, 0.25) is 5.02 Å². The van der Waals surface area contributed by atoms with Gasteiger partial charge in [-0.1, -0.05) is 23.7 Å². The van der Waals surface area contributed by atoms with Crippen molar-refractivity contribution in [1.29, 1.82) is 0 Å². The van der Waals surface area contributed by atoms with E-state index >= 15 is 0 Å². The van der Waals surface area contributed by atoms with Gasteiger partial charge in [0.05, 0.1) is 5.41 Å². The molecule has 3 amide bonds. The number of halogens is 2. The van der Waals surface area contributed by atoms with E-state index in [4.69, 9.17) is 16.3 Å².